The van der Waals surface area contributed by atoms with Crippen molar-refractivity contribution >= 4 is 45.4 Å². The first-order valence-corrected chi connectivity index (χ1v) is 9.11. The number of amides is 1. The molecule has 0 aliphatic carbocycles. The summed E-state index contributed by atoms with van der Waals surface area (Å²) in [6, 6.07) is 16.7. The summed E-state index contributed by atoms with van der Waals surface area (Å²) in [5.41, 5.74) is 3.18. The highest BCUT2D eigenvalue weighted by Crippen LogP contribution is 2.25. The molecule has 4 aromatic rings. The van der Waals surface area contributed by atoms with Gasteiger partial charge in [-0.1, -0.05) is 42.1 Å². The van der Waals surface area contributed by atoms with Crippen molar-refractivity contribution < 1.29 is 4.79 Å². The standard InChI is InChI=1S/C19H14N6OS/c1-11(18(26)22-14-8-4-2-6-12(14)10-20)27-19-23-17-16(24-25-19)13-7-3-5-9-15(13)21-17/h2-9,11H,1H3,(H,22,26)(H,21,23,25)/t11-/m0/s1. The number of para-hydroxylation sites is 2. The highest BCUT2D eigenvalue weighted by atomic mass is 32.2. The predicted octanol–water partition coefficient (Wildman–Crippen LogP) is 3.50. The fourth-order valence-electron chi connectivity index (χ4n) is 2.69. The van der Waals surface area contributed by atoms with Gasteiger partial charge in [0.1, 0.15) is 11.6 Å². The number of benzene rings is 2. The third-order valence-electron chi connectivity index (χ3n) is 4.06. The zero-order valence-corrected chi connectivity index (χ0v) is 15.1. The van der Waals surface area contributed by atoms with Gasteiger partial charge in [0.05, 0.1) is 16.5 Å². The molecule has 0 fully saturated rings. The minimum Gasteiger partial charge on any atom is -0.338 e. The monoisotopic (exact) mass is 374 g/mol. The molecule has 0 saturated heterocycles. The summed E-state index contributed by atoms with van der Waals surface area (Å²) >= 11 is 1.21. The van der Waals surface area contributed by atoms with E-state index in [9.17, 15) is 4.79 Å². The maximum Gasteiger partial charge on any atom is 0.237 e. The van der Waals surface area contributed by atoms with E-state index in [1.807, 2.05) is 24.3 Å². The lowest BCUT2D eigenvalue weighted by Crippen LogP contribution is -2.23. The largest absolute Gasteiger partial charge is 0.338 e. The first kappa shape index (κ1) is 17.0. The van der Waals surface area contributed by atoms with Crippen molar-refractivity contribution in [1.82, 2.24) is 20.2 Å². The zero-order valence-electron chi connectivity index (χ0n) is 14.3. The number of carbonyl (C=O) groups excluding carboxylic acids is 1. The Balaban J connectivity index is 1.53. The number of carbonyl (C=O) groups is 1. The number of nitrogens with one attached hydrogen (secondary N) is 2. The van der Waals surface area contributed by atoms with Crippen molar-refractivity contribution in [1.29, 1.82) is 5.26 Å². The Morgan fingerprint density at radius 2 is 1.96 bits per heavy atom. The number of aromatic amines is 1. The summed E-state index contributed by atoms with van der Waals surface area (Å²) < 4.78 is 0. The number of nitriles is 1. The van der Waals surface area contributed by atoms with Crippen molar-refractivity contribution in [2.24, 2.45) is 0 Å². The van der Waals surface area contributed by atoms with Crippen LogP contribution < -0.4 is 5.32 Å². The smallest absolute Gasteiger partial charge is 0.237 e. The quantitative estimate of drug-likeness (QED) is 0.529. The van der Waals surface area contributed by atoms with Gasteiger partial charge in [0.25, 0.3) is 0 Å². The second-order valence-corrected chi connectivity index (χ2v) is 7.18. The molecular formula is C19H14N6OS. The van der Waals surface area contributed by atoms with Crippen LogP contribution in [0.25, 0.3) is 22.1 Å². The molecule has 0 aliphatic heterocycles. The Hall–Kier alpha value is -3.44. The highest BCUT2D eigenvalue weighted by Gasteiger charge is 2.18. The minimum atomic E-state index is -0.458. The second-order valence-electron chi connectivity index (χ2n) is 5.87. The fraction of sp³-hybridized carbons (Fsp3) is 0.105. The van der Waals surface area contributed by atoms with E-state index in [1.54, 1.807) is 31.2 Å². The van der Waals surface area contributed by atoms with Crippen LogP contribution in [0, 0.1) is 11.3 Å². The van der Waals surface area contributed by atoms with Crippen molar-refractivity contribution in [2.45, 2.75) is 17.3 Å². The molecule has 4 rings (SSSR count). The van der Waals surface area contributed by atoms with Crippen LogP contribution in [0.1, 0.15) is 12.5 Å². The SMILES string of the molecule is C[C@H](Sc1nnc2c(n1)[nH]c1ccccc12)C(=O)Nc1ccccc1C#N. The molecule has 7 nitrogen and oxygen atoms in total. The van der Waals surface area contributed by atoms with Crippen LogP contribution >= 0.6 is 11.8 Å². The summed E-state index contributed by atoms with van der Waals surface area (Å²) in [7, 11) is 0. The molecule has 1 amide bonds. The molecule has 0 aliphatic rings. The third kappa shape index (κ3) is 3.32. The van der Waals surface area contributed by atoms with Gasteiger partial charge in [0.2, 0.25) is 11.1 Å². The third-order valence-corrected chi connectivity index (χ3v) is 5.01. The number of anilines is 1. The average Bonchev–Trinajstić information content (AvgIpc) is 3.06. The van der Waals surface area contributed by atoms with Crippen LogP contribution in [0.5, 0.6) is 0 Å². The van der Waals surface area contributed by atoms with E-state index in [0.717, 1.165) is 10.9 Å². The van der Waals surface area contributed by atoms with Crippen LogP contribution in [0.3, 0.4) is 0 Å². The first-order valence-electron chi connectivity index (χ1n) is 8.23. The molecule has 2 N–H and O–H groups in total. The predicted molar refractivity (Wildman–Crippen MR) is 104 cm³/mol. The lowest BCUT2D eigenvalue weighted by atomic mass is 10.2. The molecule has 0 unspecified atom stereocenters. The van der Waals surface area contributed by atoms with E-state index < -0.39 is 5.25 Å². The van der Waals surface area contributed by atoms with Crippen molar-refractivity contribution in [2.75, 3.05) is 5.32 Å². The molecule has 0 saturated carbocycles. The lowest BCUT2D eigenvalue weighted by molar-refractivity contribution is -0.115. The van der Waals surface area contributed by atoms with Gasteiger partial charge in [-0.2, -0.15) is 5.26 Å². The molecular weight excluding hydrogens is 360 g/mol. The fourth-order valence-corrected chi connectivity index (χ4v) is 3.41. The molecule has 0 radical (unpaired) electrons. The number of nitrogens with zero attached hydrogens (tertiary/aromatic N) is 4. The van der Waals surface area contributed by atoms with E-state index >= 15 is 0 Å². The van der Waals surface area contributed by atoms with Crippen LogP contribution in [0.15, 0.2) is 53.7 Å². The molecule has 0 bridgehead atoms. The van der Waals surface area contributed by atoms with E-state index in [0.29, 0.717) is 27.6 Å². The second kappa shape index (κ2) is 7.05. The van der Waals surface area contributed by atoms with E-state index in [2.05, 4.69) is 31.6 Å². The maximum absolute atomic E-state index is 12.5. The number of hydrogen-bond donors (Lipinski definition) is 2. The van der Waals surface area contributed by atoms with Crippen molar-refractivity contribution in [3.63, 3.8) is 0 Å². The van der Waals surface area contributed by atoms with Crippen LogP contribution in [-0.4, -0.2) is 31.3 Å². The zero-order chi connectivity index (χ0) is 18.8. The molecule has 2 aromatic heterocycles. The summed E-state index contributed by atoms with van der Waals surface area (Å²) in [6.45, 7) is 1.76. The van der Waals surface area contributed by atoms with E-state index in [4.69, 9.17) is 5.26 Å². The van der Waals surface area contributed by atoms with Gasteiger partial charge < -0.3 is 10.3 Å². The lowest BCUT2D eigenvalue weighted by Gasteiger charge is -2.11. The number of fused-ring (bicyclic) bond motifs is 3. The number of thioether (sulfide) groups is 1. The topological polar surface area (TPSA) is 107 Å². The Labute approximate surface area is 158 Å². The van der Waals surface area contributed by atoms with Gasteiger partial charge in [0, 0.05) is 10.9 Å². The molecule has 2 heterocycles. The summed E-state index contributed by atoms with van der Waals surface area (Å²) in [4.78, 5) is 20.2. The first-order chi connectivity index (χ1) is 13.2. The average molecular weight is 374 g/mol. The molecule has 0 spiro atoms. The van der Waals surface area contributed by atoms with Crippen molar-refractivity contribution in [3.8, 4) is 6.07 Å². The van der Waals surface area contributed by atoms with Gasteiger partial charge in [0.15, 0.2) is 5.65 Å². The Morgan fingerprint density at radius 1 is 1.19 bits per heavy atom. The van der Waals surface area contributed by atoms with E-state index in [-0.39, 0.29) is 5.91 Å². The van der Waals surface area contributed by atoms with Gasteiger partial charge in [-0.25, -0.2) is 4.98 Å². The number of aromatic nitrogens is 4. The Kier molecular flexibility index (Phi) is 4.44. The minimum absolute atomic E-state index is 0.233. The molecule has 8 heteroatoms. The normalized spacial score (nSPS) is 12.0. The van der Waals surface area contributed by atoms with Crippen LogP contribution in [-0.2, 0) is 4.79 Å². The summed E-state index contributed by atoms with van der Waals surface area (Å²) in [5.74, 6) is -0.233. The number of H-pyrrole nitrogens is 1. The Morgan fingerprint density at radius 3 is 2.81 bits per heavy atom. The molecule has 27 heavy (non-hydrogen) atoms. The Bertz CT molecular complexity index is 1200. The van der Waals surface area contributed by atoms with Crippen LogP contribution in [0.2, 0.25) is 0 Å². The number of hydrogen-bond acceptors (Lipinski definition) is 6. The van der Waals surface area contributed by atoms with Gasteiger partial charge in [-0.15, -0.1) is 10.2 Å². The van der Waals surface area contributed by atoms with Crippen molar-refractivity contribution in [3.05, 3.63) is 54.1 Å². The maximum atomic E-state index is 12.5. The summed E-state index contributed by atoms with van der Waals surface area (Å²) in [6.07, 6.45) is 0. The molecule has 1 atom stereocenters. The van der Waals surface area contributed by atoms with Gasteiger partial charge >= 0.3 is 0 Å². The van der Waals surface area contributed by atoms with E-state index in [1.165, 1.54) is 11.8 Å². The molecule has 2 aromatic carbocycles. The number of rotatable bonds is 4. The molecule has 132 valence electrons. The highest BCUT2D eigenvalue weighted by molar-refractivity contribution is 8.00. The summed E-state index contributed by atoms with van der Waals surface area (Å²) in [5, 5.41) is 21.2. The van der Waals surface area contributed by atoms with Gasteiger partial charge in [-0.05, 0) is 25.1 Å². The van der Waals surface area contributed by atoms with Crippen LogP contribution in [0.4, 0.5) is 5.69 Å². The van der Waals surface area contributed by atoms with Gasteiger partial charge in [-0.3, -0.25) is 4.79 Å².